The molecule has 0 spiro atoms. The number of hydrogen-bond donors (Lipinski definition) is 1. The van der Waals surface area contributed by atoms with Crippen molar-refractivity contribution in [1.29, 1.82) is 0 Å². The summed E-state index contributed by atoms with van der Waals surface area (Å²) in [6, 6.07) is 2.22. The van der Waals surface area contributed by atoms with Crippen LogP contribution in [0.25, 0.3) is 5.78 Å². The van der Waals surface area contributed by atoms with Gasteiger partial charge in [0.2, 0.25) is 15.8 Å². The van der Waals surface area contributed by atoms with E-state index in [1.807, 2.05) is 22.9 Å². The normalized spacial score (nSPS) is 21.0. The molecule has 0 aromatic carbocycles. The molecular formula is C15H21N5O2S. The smallest absolute Gasteiger partial charge is 0.233 e. The van der Waals surface area contributed by atoms with E-state index in [9.17, 15) is 8.42 Å². The van der Waals surface area contributed by atoms with E-state index >= 15 is 0 Å². The van der Waals surface area contributed by atoms with Crippen molar-refractivity contribution in [3.05, 3.63) is 30.4 Å². The van der Waals surface area contributed by atoms with Crippen molar-refractivity contribution in [3.63, 3.8) is 0 Å². The van der Waals surface area contributed by atoms with Gasteiger partial charge in [0.1, 0.15) is 0 Å². The highest BCUT2D eigenvalue weighted by Gasteiger charge is 2.41. The Bertz CT molecular complexity index is 758. The van der Waals surface area contributed by atoms with Crippen LogP contribution < -0.4 is 5.32 Å². The van der Waals surface area contributed by atoms with E-state index in [1.54, 1.807) is 10.5 Å². The lowest BCUT2D eigenvalue weighted by Crippen LogP contribution is -2.45. The van der Waals surface area contributed by atoms with Crippen LogP contribution in [-0.4, -0.2) is 51.5 Å². The highest BCUT2D eigenvalue weighted by molar-refractivity contribution is 7.90. The Morgan fingerprint density at radius 2 is 2.00 bits per heavy atom. The molecule has 7 nitrogen and oxygen atoms in total. The van der Waals surface area contributed by atoms with E-state index in [0.717, 1.165) is 31.4 Å². The average molecular weight is 335 g/mol. The van der Waals surface area contributed by atoms with Gasteiger partial charge in [-0.1, -0.05) is 0 Å². The zero-order chi connectivity index (χ0) is 15.9. The second kappa shape index (κ2) is 5.85. The highest BCUT2D eigenvalue weighted by Crippen LogP contribution is 2.32. The van der Waals surface area contributed by atoms with Gasteiger partial charge >= 0.3 is 0 Å². The molecule has 1 aliphatic carbocycles. The maximum absolute atomic E-state index is 12.2. The number of rotatable bonds is 5. The quantitative estimate of drug-likeness (QED) is 0.873. The molecule has 0 unspecified atom stereocenters. The van der Waals surface area contributed by atoms with Gasteiger partial charge in [0, 0.05) is 44.3 Å². The van der Waals surface area contributed by atoms with Crippen LogP contribution >= 0.6 is 0 Å². The first-order valence-corrected chi connectivity index (χ1v) is 9.64. The first-order chi connectivity index (χ1) is 11.1. The Hall–Kier alpha value is -1.51. The molecule has 0 bridgehead atoms. The SMILES string of the molecule is O=S(=O)(C1CC1)N1CCC(NCc2cn3cccnc3n2)CC1. The molecule has 0 atom stereocenters. The summed E-state index contributed by atoms with van der Waals surface area (Å²) in [4.78, 5) is 8.67. The third-order valence-corrected chi connectivity index (χ3v) is 7.02. The predicted octanol–water partition coefficient (Wildman–Crippen LogP) is 0.775. The Morgan fingerprint density at radius 1 is 1.22 bits per heavy atom. The number of piperidine rings is 1. The standard InChI is InChI=1S/C15H21N5O2S/c21-23(22,14-2-3-14)20-8-4-12(5-9-20)17-10-13-11-19-7-1-6-16-15(19)18-13/h1,6-7,11-12,14,17H,2-5,8-10H2. The lowest BCUT2D eigenvalue weighted by Gasteiger charge is -2.31. The van der Waals surface area contributed by atoms with Crippen LogP contribution in [0.4, 0.5) is 0 Å². The van der Waals surface area contributed by atoms with Crippen LogP contribution in [-0.2, 0) is 16.6 Å². The molecule has 1 saturated heterocycles. The van der Waals surface area contributed by atoms with E-state index in [2.05, 4.69) is 15.3 Å². The summed E-state index contributed by atoms with van der Waals surface area (Å²) in [5.74, 6) is 0.703. The lowest BCUT2D eigenvalue weighted by atomic mass is 10.1. The number of aromatic nitrogens is 3. The van der Waals surface area contributed by atoms with Gasteiger partial charge in [0.25, 0.3) is 0 Å². The molecule has 2 aliphatic rings. The summed E-state index contributed by atoms with van der Waals surface area (Å²) in [6.07, 6.45) is 9.03. The summed E-state index contributed by atoms with van der Waals surface area (Å²) in [7, 11) is -3.02. The Morgan fingerprint density at radius 3 is 2.70 bits per heavy atom. The molecule has 2 fully saturated rings. The molecule has 23 heavy (non-hydrogen) atoms. The molecule has 0 amide bonds. The third-order valence-electron chi connectivity index (χ3n) is 4.62. The molecule has 2 aromatic heterocycles. The zero-order valence-electron chi connectivity index (χ0n) is 12.9. The number of nitrogens with zero attached hydrogens (tertiary/aromatic N) is 4. The largest absolute Gasteiger partial charge is 0.308 e. The molecule has 2 aromatic rings. The van der Waals surface area contributed by atoms with Crippen molar-refractivity contribution in [2.24, 2.45) is 0 Å². The van der Waals surface area contributed by atoms with Crippen molar-refractivity contribution in [2.75, 3.05) is 13.1 Å². The average Bonchev–Trinajstić information content (AvgIpc) is 3.34. The summed E-state index contributed by atoms with van der Waals surface area (Å²) in [5, 5.41) is 3.39. The molecule has 0 radical (unpaired) electrons. The van der Waals surface area contributed by atoms with Gasteiger partial charge < -0.3 is 5.32 Å². The minimum absolute atomic E-state index is 0.0996. The van der Waals surface area contributed by atoms with Gasteiger partial charge in [-0.05, 0) is 31.7 Å². The summed E-state index contributed by atoms with van der Waals surface area (Å²) >= 11 is 0. The van der Waals surface area contributed by atoms with Gasteiger partial charge in [0.05, 0.1) is 10.9 Å². The van der Waals surface area contributed by atoms with E-state index in [-0.39, 0.29) is 5.25 Å². The van der Waals surface area contributed by atoms with Crippen LogP contribution in [0.1, 0.15) is 31.4 Å². The van der Waals surface area contributed by atoms with E-state index in [0.29, 0.717) is 31.5 Å². The Labute approximate surface area is 135 Å². The second-order valence-corrected chi connectivity index (χ2v) is 8.57. The van der Waals surface area contributed by atoms with Gasteiger partial charge in [-0.25, -0.2) is 22.7 Å². The Balaban J connectivity index is 1.31. The molecule has 1 saturated carbocycles. The van der Waals surface area contributed by atoms with Crippen molar-refractivity contribution in [2.45, 2.75) is 43.5 Å². The first kappa shape index (κ1) is 15.0. The fraction of sp³-hybridized carbons (Fsp3) is 0.600. The molecule has 124 valence electrons. The van der Waals surface area contributed by atoms with Gasteiger partial charge in [-0.3, -0.25) is 4.40 Å². The monoisotopic (exact) mass is 335 g/mol. The number of fused-ring (bicyclic) bond motifs is 1. The summed E-state index contributed by atoms with van der Waals surface area (Å²) < 4.78 is 28.0. The number of hydrogen-bond acceptors (Lipinski definition) is 5. The maximum atomic E-state index is 12.2. The second-order valence-electron chi connectivity index (χ2n) is 6.36. The molecule has 8 heteroatoms. The van der Waals surface area contributed by atoms with E-state index < -0.39 is 10.0 Å². The fourth-order valence-corrected chi connectivity index (χ4v) is 4.98. The van der Waals surface area contributed by atoms with Crippen LogP contribution in [0.5, 0.6) is 0 Å². The molecule has 1 aliphatic heterocycles. The van der Waals surface area contributed by atoms with Crippen molar-refractivity contribution in [1.82, 2.24) is 24.0 Å². The predicted molar refractivity (Wildman–Crippen MR) is 86.4 cm³/mol. The van der Waals surface area contributed by atoms with Crippen LogP contribution in [0.2, 0.25) is 0 Å². The zero-order valence-corrected chi connectivity index (χ0v) is 13.7. The summed E-state index contributed by atoms with van der Waals surface area (Å²) in [6.45, 7) is 1.94. The van der Waals surface area contributed by atoms with Crippen LogP contribution in [0.15, 0.2) is 24.7 Å². The van der Waals surface area contributed by atoms with Gasteiger partial charge in [-0.2, -0.15) is 0 Å². The first-order valence-electron chi connectivity index (χ1n) is 8.14. The molecule has 4 rings (SSSR count). The highest BCUT2D eigenvalue weighted by atomic mass is 32.2. The number of imidazole rings is 1. The third kappa shape index (κ3) is 3.11. The minimum Gasteiger partial charge on any atom is -0.308 e. The van der Waals surface area contributed by atoms with E-state index in [1.165, 1.54) is 0 Å². The van der Waals surface area contributed by atoms with Gasteiger partial charge in [-0.15, -0.1) is 0 Å². The number of sulfonamides is 1. The molecule has 1 N–H and O–H groups in total. The van der Waals surface area contributed by atoms with Crippen LogP contribution in [0.3, 0.4) is 0 Å². The van der Waals surface area contributed by atoms with Gasteiger partial charge in [0.15, 0.2) is 0 Å². The molecule has 3 heterocycles. The van der Waals surface area contributed by atoms with Crippen molar-refractivity contribution >= 4 is 15.8 Å². The Kier molecular flexibility index (Phi) is 3.82. The summed E-state index contributed by atoms with van der Waals surface area (Å²) in [5.41, 5.74) is 0.955. The van der Waals surface area contributed by atoms with Crippen molar-refractivity contribution < 1.29 is 8.42 Å². The maximum Gasteiger partial charge on any atom is 0.233 e. The van der Waals surface area contributed by atoms with E-state index in [4.69, 9.17) is 0 Å². The molecular weight excluding hydrogens is 314 g/mol. The minimum atomic E-state index is -3.02. The van der Waals surface area contributed by atoms with Crippen molar-refractivity contribution in [3.8, 4) is 0 Å². The van der Waals surface area contributed by atoms with Crippen LogP contribution in [0, 0.1) is 0 Å². The fourth-order valence-electron chi connectivity index (χ4n) is 3.10. The topological polar surface area (TPSA) is 79.6 Å². The lowest BCUT2D eigenvalue weighted by molar-refractivity contribution is 0.288. The number of nitrogens with one attached hydrogen (secondary N) is 1.